The molecule has 0 aromatic carbocycles. The van der Waals surface area contributed by atoms with E-state index in [0.717, 1.165) is 0 Å². The van der Waals surface area contributed by atoms with Gasteiger partial charge >= 0.3 is 12.3 Å². The van der Waals surface area contributed by atoms with Crippen LogP contribution in [0.25, 0.3) is 0 Å². The number of hydrogen-bond donors (Lipinski definition) is 2. The molecule has 78 valence electrons. The molecule has 0 spiro atoms. The van der Waals surface area contributed by atoms with Crippen LogP contribution in [0.5, 0.6) is 0 Å². The third kappa shape index (κ3) is 4.07. The summed E-state index contributed by atoms with van der Waals surface area (Å²) in [4.78, 5) is 10.6. The highest BCUT2D eigenvalue weighted by Crippen LogP contribution is 2.21. The van der Waals surface area contributed by atoms with Crippen molar-refractivity contribution in [1.29, 1.82) is 0 Å². The van der Waals surface area contributed by atoms with E-state index in [1.54, 1.807) is 5.32 Å². The van der Waals surface area contributed by atoms with E-state index in [2.05, 4.69) is 0 Å². The molecule has 0 unspecified atom stereocenters. The van der Waals surface area contributed by atoms with Gasteiger partial charge in [-0.15, -0.1) is 0 Å². The van der Waals surface area contributed by atoms with E-state index in [4.69, 9.17) is 5.73 Å². The van der Waals surface area contributed by atoms with Gasteiger partial charge in [0.25, 0.3) is 0 Å². The Morgan fingerprint density at radius 1 is 1.54 bits per heavy atom. The number of alkyl halides is 4. The van der Waals surface area contributed by atoms with E-state index < -0.39 is 30.8 Å². The molecule has 0 rings (SSSR count). The molecule has 1 atom stereocenters. The summed E-state index contributed by atoms with van der Waals surface area (Å²) in [5.41, 5.74) is 5.00. The molecule has 3 nitrogen and oxygen atoms in total. The fourth-order valence-electron chi connectivity index (χ4n) is 0.443. The lowest BCUT2D eigenvalue weighted by atomic mass is 10.3. The van der Waals surface area contributed by atoms with E-state index in [1.807, 2.05) is 0 Å². The molecule has 0 fully saturated rings. The Labute approximate surface area is 72.3 Å². The number of rotatable bonds is 4. The lowest BCUT2D eigenvalue weighted by molar-refractivity contribution is -0.136. The largest absolute Gasteiger partial charge is 0.348 e. The van der Waals surface area contributed by atoms with Gasteiger partial charge in [-0.2, -0.15) is 8.78 Å². The van der Waals surface area contributed by atoms with Crippen molar-refractivity contribution in [3.05, 3.63) is 0 Å². The van der Waals surface area contributed by atoms with Gasteiger partial charge in [0.05, 0.1) is 12.6 Å². The molecular weight excluding hydrogens is 192 g/mol. The number of nitrogens with one attached hydrogen (secondary N) is 1. The van der Waals surface area contributed by atoms with Crippen LogP contribution in [-0.4, -0.2) is 30.8 Å². The summed E-state index contributed by atoms with van der Waals surface area (Å²) in [5.74, 6) is -5.09. The zero-order valence-electron chi connectivity index (χ0n) is 6.86. The summed E-state index contributed by atoms with van der Waals surface area (Å²) in [5, 5.41) is 1.61. The average molecular weight is 202 g/mol. The van der Waals surface area contributed by atoms with E-state index >= 15 is 0 Å². The van der Waals surface area contributed by atoms with Crippen LogP contribution in [0, 0.1) is 0 Å². The van der Waals surface area contributed by atoms with Crippen molar-refractivity contribution in [1.82, 2.24) is 5.32 Å². The molecule has 0 aromatic heterocycles. The maximum absolute atomic E-state index is 12.2. The smallest absolute Gasteiger partial charge is 0.324 e. The fraction of sp³-hybridized carbons (Fsp3) is 0.833. The van der Waals surface area contributed by atoms with E-state index in [1.165, 1.54) is 6.92 Å². The van der Waals surface area contributed by atoms with E-state index in [-0.39, 0.29) is 0 Å². The van der Waals surface area contributed by atoms with Crippen LogP contribution >= 0.6 is 0 Å². The molecule has 7 heteroatoms. The van der Waals surface area contributed by atoms with Crippen molar-refractivity contribution in [2.24, 2.45) is 5.73 Å². The summed E-state index contributed by atoms with van der Waals surface area (Å²) < 4.78 is 47.4. The monoisotopic (exact) mass is 202 g/mol. The SMILES string of the molecule is C[C@@H](N)C(=O)NCC(F)(F)C(F)F. The van der Waals surface area contributed by atoms with Gasteiger partial charge in [0.15, 0.2) is 0 Å². The predicted molar refractivity (Wildman–Crippen MR) is 37.6 cm³/mol. The van der Waals surface area contributed by atoms with Crippen LogP contribution in [0.1, 0.15) is 6.92 Å². The molecule has 0 heterocycles. The lowest BCUT2D eigenvalue weighted by Crippen LogP contribution is -2.46. The van der Waals surface area contributed by atoms with Crippen LogP contribution in [0.4, 0.5) is 17.6 Å². The van der Waals surface area contributed by atoms with Crippen LogP contribution < -0.4 is 11.1 Å². The highest BCUT2D eigenvalue weighted by atomic mass is 19.3. The van der Waals surface area contributed by atoms with Gasteiger partial charge in [-0.3, -0.25) is 4.79 Å². The third-order valence-electron chi connectivity index (χ3n) is 1.23. The van der Waals surface area contributed by atoms with Gasteiger partial charge in [-0.1, -0.05) is 0 Å². The zero-order valence-corrected chi connectivity index (χ0v) is 6.86. The van der Waals surface area contributed by atoms with Gasteiger partial charge in [0, 0.05) is 0 Å². The quantitative estimate of drug-likeness (QED) is 0.646. The first-order valence-corrected chi connectivity index (χ1v) is 3.46. The Kier molecular flexibility index (Phi) is 4.12. The molecule has 13 heavy (non-hydrogen) atoms. The van der Waals surface area contributed by atoms with Gasteiger partial charge in [0.1, 0.15) is 0 Å². The first-order chi connectivity index (χ1) is 5.77. The Hall–Kier alpha value is -0.850. The van der Waals surface area contributed by atoms with Crippen LogP contribution in [0.3, 0.4) is 0 Å². The summed E-state index contributed by atoms with van der Waals surface area (Å²) >= 11 is 0. The number of amides is 1. The van der Waals surface area contributed by atoms with Gasteiger partial charge < -0.3 is 11.1 Å². The maximum Gasteiger partial charge on any atom is 0.324 e. The Morgan fingerprint density at radius 2 is 2.00 bits per heavy atom. The van der Waals surface area contributed by atoms with Crippen molar-refractivity contribution in [3.63, 3.8) is 0 Å². The number of hydrogen-bond acceptors (Lipinski definition) is 2. The minimum absolute atomic E-state index is 0.889. The minimum atomic E-state index is -4.20. The average Bonchev–Trinajstić information content (AvgIpc) is 1.99. The maximum atomic E-state index is 12.2. The molecule has 0 aromatic rings. The highest BCUT2D eigenvalue weighted by Gasteiger charge is 2.40. The second-order valence-corrected chi connectivity index (χ2v) is 2.57. The number of carbonyl (C=O) groups excluding carboxylic acids is 1. The fourth-order valence-corrected chi connectivity index (χ4v) is 0.443. The molecule has 0 aliphatic rings. The number of carbonyl (C=O) groups is 1. The third-order valence-corrected chi connectivity index (χ3v) is 1.23. The number of halogens is 4. The Balaban J connectivity index is 3.95. The predicted octanol–water partition coefficient (Wildman–Crippen LogP) is 0.350. The van der Waals surface area contributed by atoms with E-state index in [0.29, 0.717) is 0 Å². The molecular formula is C6H10F4N2O. The van der Waals surface area contributed by atoms with Crippen molar-refractivity contribution in [2.45, 2.75) is 25.3 Å². The molecule has 0 saturated heterocycles. The van der Waals surface area contributed by atoms with Gasteiger partial charge in [-0.05, 0) is 6.92 Å². The second-order valence-electron chi connectivity index (χ2n) is 2.57. The Morgan fingerprint density at radius 3 is 2.31 bits per heavy atom. The standard InChI is InChI=1S/C6H10F4N2O/c1-3(11)4(13)12-2-6(9,10)5(7)8/h3,5H,2,11H2,1H3,(H,12,13)/t3-/m1/s1. The van der Waals surface area contributed by atoms with Crippen LogP contribution in [0.2, 0.25) is 0 Å². The molecule has 3 N–H and O–H groups in total. The summed E-state index contributed by atoms with van der Waals surface area (Å²) in [6.45, 7) is -0.138. The normalized spacial score (nSPS) is 14.4. The van der Waals surface area contributed by atoms with Gasteiger partial charge in [-0.25, -0.2) is 8.78 Å². The van der Waals surface area contributed by atoms with E-state index in [9.17, 15) is 22.4 Å². The van der Waals surface area contributed by atoms with Crippen molar-refractivity contribution in [2.75, 3.05) is 6.54 Å². The zero-order chi connectivity index (χ0) is 10.6. The summed E-state index contributed by atoms with van der Waals surface area (Å²) in [6.07, 6.45) is -3.79. The minimum Gasteiger partial charge on any atom is -0.348 e. The van der Waals surface area contributed by atoms with Gasteiger partial charge in [0.2, 0.25) is 5.91 Å². The molecule has 0 saturated carbocycles. The molecule has 0 aliphatic carbocycles. The van der Waals surface area contributed by atoms with Crippen LogP contribution in [-0.2, 0) is 4.79 Å². The van der Waals surface area contributed by atoms with Crippen molar-refractivity contribution >= 4 is 5.91 Å². The molecule has 0 aliphatic heterocycles. The molecule has 0 radical (unpaired) electrons. The van der Waals surface area contributed by atoms with Crippen LogP contribution in [0.15, 0.2) is 0 Å². The summed E-state index contributed by atoms with van der Waals surface area (Å²) in [6, 6.07) is -0.992. The Bertz CT molecular complexity index is 183. The first-order valence-electron chi connectivity index (χ1n) is 3.46. The molecule has 0 bridgehead atoms. The van der Waals surface area contributed by atoms with Crippen molar-refractivity contribution < 1.29 is 22.4 Å². The second kappa shape index (κ2) is 4.40. The topological polar surface area (TPSA) is 55.1 Å². The number of nitrogens with two attached hydrogens (primary N) is 1. The lowest BCUT2D eigenvalue weighted by Gasteiger charge is -2.16. The first kappa shape index (κ1) is 12.2. The highest BCUT2D eigenvalue weighted by molar-refractivity contribution is 5.80. The molecule has 1 amide bonds. The summed E-state index contributed by atoms with van der Waals surface area (Å²) in [7, 11) is 0. The van der Waals surface area contributed by atoms with Crippen molar-refractivity contribution in [3.8, 4) is 0 Å².